The minimum absolute atomic E-state index is 0.215. The average molecular weight is 295 g/mol. The highest BCUT2D eigenvalue weighted by molar-refractivity contribution is 9.10. The fraction of sp³-hybridized carbons (Fsp3) is 0.167. The van der Waals surface area contributed by atoms with Gasteiger partial charge < -0.3 is 9.72 Å². The van der Waals surface area contributed by atoms with E-state index in [1.54, 1.807) is 7.11 Å². The second-order valence-corrected chi connectivity index (χ2v) is 4.33. The number of H-pyrrole nitrogens is 1. The number of rotatable bonds is 3. The summed E-state index contributed by atoms with van der Waals surface area (Å²) in [6, 6.07) is 9.61. The third kappa shape index (κ3) is 2.62. The van der Waals surface area contributed by atoms with Gasteiger partial charge in [0.05, 0.1) is 0 Å². The van der Waals surface area contributed by atoms with Crippen LogP contribution in [-0.4, -0.2) is 17.1 Å². The number of ether oxygens (including phenoxy) is 1. The van der Waals surface area contributed by atoms with Crippen molar-refractivity contribution in [3.8, 4) is 0 Å². The molecule has 0 fully saturated rings. The van der Waals surface area contributed by atoms with E-state index >= 15 is 0 Å². The van der Waals surface area contributed by atoms with Gasteiger partial charge in [0, 0.05) is 13.3 Å². The maximum absolute atomic E-state index is 11.5. The molecule has 0 spiro atoms. The van der Waals surface area contributed by atoms with Gasteiger partial charge in [0.15, 0.2) is 0 Å². The Bertz CT molecular complexity index is 554. The highest BCUT2D eigenvalue weighted by Gasteiger charge is 2.15. The quantitative estimate of drug-likeness (QED) is 0.945. The molecule has 0 aliphatic rings. The molecule has 2 aromatic rings. The van der Waals surface area contributed by atoms with E-state index in [0.29, 0.717) is 10.3 Å². The van der Waals surface area contributed by atoms with Gasteiger partial charge in [-0.15, -0.1) is 0 Å². The molecule has 1 unspecified atom stereocenters. The Hall–Kier alpha value is -1.46. The van der Waals surface area contributed by atoms with Gasteiger partial charge in [0.2, 0.25) is 0 Å². The van der Waals surface area contributed by atoms with E-state index in [2.05, 4.69) is 25.9 Å². The van der Waals surface area contributed by atoms with E-state index in [1.807, 2.05) is 30.3 Å². The molecule has 2 rings (SSSR count). The van der Waals surface area contributed by atoms with Crippen molar-refractivity contribution in [3.05, 3.63) is 62.7 Å². The summed E-state index contributed by atoms with van der Waals surface area (Å²) in [6.45, 7) is 0. The summed E-state index contributed by atoms with van der Waals surface area (Å²) < 4.78 is 5.78. The first-order valence-electron chi connectivity index (χ1n) is 5.05. The van der Waals surface area contributed by atoms with Gasteiger partial charge in [-0.1, -0.05) is 30.3 Å². The molecule has 1 N–H and O–H groups in total. The summed E-state index contributed by atoms with van der Waals surface area (Å²) in [4.78, 5) is 18.3. The zero-order valence-electron chi connectivity index (χ0n) is 9.18. The van der Waals surface area contributed by atoms with E-state index in [1.165, 1.54) is 6.20 Å². The van der Waals surface area contributed by atoms with E-state index in [-0.39, 0.29) is 11.7 Å². The first-order chi connectivity index (χ1) is 8.22. The normalized spacial score (nSPS) is 12.4. The van der Waals surface area contributed by atoms with E-state index < -0.39 is 0 Å². The molecular formula is C12H11BrN2O2. The Morgan fingerprint density at radius 3 is 2.65 bits per heavy atom. The number of nitrogens with one attached hydrogen (secondary N) is 1. The van der Waals surface area contributed by atoms with Gasteiger partial charge in [0.1, 0.15) is 16.4 Å². The summed E-state index contributed by atoms with van der Waals surface area (Å²) in [6.07, 6.45) is 1.11. The maximum atomic E-state index is 11.5. The van der Waals surface area contributed by atoms with Gasteiger partial charge in [-0.2, -0.15) is 0 Å². The SMILES string of the molecule is COC(c1ccccc1)c1ncc(Br)c(=O)[nH]1. The second kappa shape index (κ2) is 5.25. The van der Waals surface area contributed by atoms with Crippen LogP contribution in [0.5, 0.6) is 0 Å². The summed E-state index contributed by atoms with van der Waals surface area (Å²) in [7, 11) is 1.58. The third-order valence-corrected chi connectivity index (χ3v) is 2.93. The highest BCUT2D eigenvalue weighted by atomic mass is 79.9. The predicted molar refractivity (Wildman–Crippen MR) is 67.9 cm³/mol. The molecule has 17 heavy (non-hydrogen) atoms. The van der Waals surface area contributed by atoms with Crippen LogP contribution in [0.15, 0.2) is 45.8 Å². The molecule has 0 aliphatic carbocycles. The van der Waals surface area contributed by atoms with Crippen molar-refractivity contribution >= 4 is 15.9 Å². The van der Waals surface area contributed by atoms with Crippen LogP contribution in [0.3, 0.4) is 0 Å². The van der Waals surface area contributed by atoms with Crippen LogP contribution in [-0.2, 0) is 4.74 Å². The molecule has 1 aromatic heterocycles. The molecule has 0 saturated heterocycles. The number of nitrogens with zero attached hydrogens (tertiary/aromatic N) is 1. The fourth-order valence-electron chi connectivity index (χ4n) is 1.56. The Kier molecular flexibility index (Phi) is 3.71. The predicted octanol–water partition coefficient (Wildman–Crippen LogP) is 2.27. The lowest BCUT2D eigenvalue weighted by Gasteiger charge is -2.14. The summed E-state index contributed by atoms with van der Waals surface area (Å²) in [5.41, 5.74) is 0.730. The molecule has 0 amide bonds. The molecule has 0 bridgehead atoms. The average Bonchev–Trinajstić information content (AvgIpc) is 2.36. The molecule has 0 saturated carbocycles. The number of aromatic nitrogens is 2. The van der Waals surface area contributed by atoms with Crippen molar-refractivity contribution < 1.29 is 4.74 Å². The molecule has 1 atom stereocenters. The standard InChI is InChI=1S/C12H11BrN2O2/c1-17-10(8-5-3-2-4-6-8)11-14-7-9(13)12(16)15-11/h2-7,10H,1H3,(H,14,15,16). The van der Waals surface area contributed by atoms with Crippen LogP contribution < -0.4 is 5.56 Å². The van der Waals surface area contributed by atoms with Crippen molar-refractivity contribution in [2.45, 2.75) is 6.10 Å². The topological polar surface area (TPSA) is 55.0 Å². The van der Waals surface area contributed by atoms with Gasteiger partial charge in [0.25, 0.3) is 5.56 Å². The zero-order valence-corrected chi connectivity index (χ0v) is 10.8. The van der Waals surface area contributed by atoms with Crippen molar-refractivity contribution in [1.29, 1.82) is 0 Å². The lowest BCUT2D eigenvalue weighted by Crippen LogP contribution is -2.16. The largest absolute Gasteiger partial charge is 0.369 e. The highest BCUT2D eigenvalue weighted by Crippen LogP contribution is 2.21. The Morgan fingerprint density at radius 1 is 1.35 bits per heavy atom. The second-order valence-electron chi connectivity index (χ2n) is 3.47. The van der Waals surface area contributed by atoms with Crippen molar-refractivity contribution in [3.63, 3.8) is 0 Å². The molecule has 1 aromatic carbocycles. The van der Waals surface area contributed by atoms with Crippen molar-refractivity contribution in [2.75, 3.05) is 7.11 Å². The van der Waals surface area contributed by atoms with Crippen LogP contribution in [0.1, 0.15) is 17.5 Å². The molecular weight excluding hydrogens is 284 g/mol. The minimum atomic E-state index is -0.364. The summed E-state index contributed by atoms with van der Waals surface area (Å²) >= 11 is 3.11. The number of benzene rings is 1. The molecule has 5 heteroatoms. The van der Waals surface area contributed by atoms with Gasteiger partial charge in [-0.05, 0) is 21.5 Å². The fourth-order valence-corrected chi connectivity index (χ4v) is 1.76. The molecule has 0 radical (unpaired) electrons. The zero-order chi connectivity index (χ0) is 12.3. The molecule has 88 valence electrons. The molecule has 4 nitrogen and oxygen atoms in total. The van der Waals surface area contributed by atoms with Crippen LogP contribution in [0.4, 0.5) is 0 Å². The molecule has 0 aliphatic heterocycles. The van der Waals surface area contributed by atoms with E-state index in [0.717, 1.165) is 5.56 Å². The third-order valence-electron chi connectivity index (χ3n) is 2.36. The van der Waals surface area contributed by atoms with Gasteiger partial charge in [-0.3, -0.25) is 4.79 Å². The number of halogens is 1. The number of methoxy groups -OCH3 is 1. The maximum Gasteiger partial charge on any atom is 0.265 e. The minimum Gasteiger partial charge on any atom is -0.369 e. The summed E-state index contributed by atoms with van der Waals surface area (Å²) in [5, 5.41) is 0. The van der Waals surface area contributed by atoms with Gasteiger partial charge in [-0.25, -0.2) is 4.98 Å². The summed E-state index contributed by atoms with van der Waals surface area (Å²) in [5.74, 6) is 0.493. The van der Waals surface area contributed by atoms with Crippen LogP contribution in [0, 0.1) is 0 Å². The number of hydrogen-bond donors (Lipinski definition) is 1. The van der Waals surface area contributed by atoms with Crippen molar-refractivity contribution in [2.24, 2.45) is 0 Å². The van der Waals surface area contributed by atoms with Gasteiger partial charge >= 0.3 is 0 Å². The Morgan fingerprint density at radius 2 is 2.06 bits per heavy atom. The lowest BCUT2D eigenvalue weighted by atomic mass is 10.1. The lowest BCUT2D eigenvalue weighted by molar-refractivity contribution is 0.128. The van der Waals surface area contributed by atoms with Crippen LogP contribution in [0.25, 0.3) is 0 Å². The number of aromatic amines is 1. The van der Waals surface area contributed by atoms with E-state index in [4.69, 9.17) is 4.74 Å². The van der Waals surface area contributed by atoms with Crippen molar-refractivity contribution in [1.82, 2.24) is 9.97 Å². The van der Waals surface area contributed by atoms with Crippen LogP contribution >= 0.6 is 15.9 Å². The van der Waals surface area contributed by atoms with Crippen LogP contribution in [0.2, 0.25) is 0 Å². The Balaban J connectivity index is 2.43. The first-order valence-corrected chi connectivity index (χ1v) is 5.84. The first kappa shape index (κ1) is 12.0. The smallest absolute Gasteiger partial charge is 0.265 e. The molecule has 1 heterocycles. The monoisotopic (exact) mass is 294 g/mol. The van der Waals surface area contributed by atoms with E-state index in [9.17, 15) is 4.79 Å². The Labute approximate surface area is 107 Å². The number of hydrogen-bond acceptors (Lipinski definition) is 3.